The van der Waals surface area contributed by atoms with Crippen molar-refractivity contribution in [2.24, 2.45) is 17.8 Å². The van der Waals surface area contributed by atoms with E-state index in [-0.39, 0.29) is 0 Å². The van der Waals surface area contributed by atoms with Crippen LogP contribution in [0.5, 0.6) is 0 Å². The molecule has 0 aromatic heterocycles. The summed E-state index contributed by atoms with van der Waals surface area (Å²) in [6.07, 6.45) is 15.4. The van der Waals surface area contributed by atoms with Crippen LogP contribution in [0.15, 0.2) is 127 Å². The molecular weight excluding hydrogens is 567 g/mol. The van der Waals surface area contributed by atoms with E-state index in [1.54, 1.807) is 5.56 Å². The van der Waals surface area contributed by atoms with Gasteiger partial charge in [0.05, 0.1) is 0 Å². The van der Waals surface area contributed by atoms with Gasteiger partial charge in [-0.15, -0.1) is 0 Å². The molecule has 10 rings (SSSR count). The van der Waals surface area contributed by atoms with Gasteiger partial charge in [-0.2, -0.15) is 0 Å². The number of anilines is 3. The van der Waals surface area contributed by atoms with E-state index in [2.05, 4.69) is 132 Å². The molecule has 5 aliphatic carbocycles. The summed E-state index contributed by atoms with van der Waals surface area (Å²) in [5, 5.41) is 0. The highest BCUT2D eigenvalue weighted by Crippen LogP contribution is 2.61. The molecule has 0 heterocycles. The lowest BCUT2D eigenvalue weighted by Gasteiger charge is -2.57. The van der Waals surface area contributed by atoms with Crippen LogP contribution in [0.3, 0.4) is 0 Å². The number of nitrogens with zero attached hydrogens (tertiary/aromatic N) is 1. The van der Waals surface area contributed by atoms with Crippen LogP contribution in [0.1, 0.15) is 87.7 Å². The lowest BCUT2D eigenvalue weighted by atomic mass is 9.48. The van der Waals surface area contributed by atoms with E-state index in [4.69, 9.17) is 0 Å². The summed E-state index contributed by atoms with van der Waals surface area (Å²) in [6, 6.07) is 48.3. The molecule has 0 saturated heterocycles. The molecule has 0 atom stereocenters. The van der Waals surface area contributed by atoms with Crippen molar-refractivity contribution in [1.82, 2.24) is 0 Å². The first kappa shape index (κ1) is 29.1. The van der Waals surface area contributed by atoms with Gasteiger partial charge in [-0.1, -0.05) is 110 Å². The van der Waals surface area contributed by atoms with Crippen LogP contribution >= 0.6 is 0 Å². The van der Waals surface area contributed by atoms with E-state index >= 15 is 0 Å². The Labute approximate surface area is 281 Å². The third kappa shape index (κ3) is 5.62. The van der Waals surface area contributed by atoms with Crippen molar-refractivity contribution in [3.63, 3.8) is 0 Å². The minimum absolute atomic E-state index is 0.376. The number of benzene rings is 5. The fourth-order valence-corrected chi connectivity index (χ4v) is 10.5. The number of rotatable bonds is 7. The zero-order valence-electron chi connectivity index (χ0n) is 27.7. The first-order valence-electron chi connectivity index (χ1n) is 18.5. The fourth-order valence-electron chi connectivity index (χ4n) is 10.5. The zero-order valence-corrected chi connectivity index (χ0v) is 27.7. The molecule has 5 aromatic carbocycles. The molecule has 0 N–H and O–H groups in total. The summed E-state index contributed by atoms with van der Waals surface area (Å²) in [6.45, 7) is 0. The highest BCUT2D eigenvalue weighted by molar-refractivity contribution is 5.80. The second-order valence-corrected chi connectivity index (χ2v) is 15.5. The first-order chi connectivity index (χ1) is 23.2. The first-order valence-corrected chi connectivity index (χ1v) is 18.5. The maximum absolute atomic E-state index is 2.56. The highest BCUT2D eigenvalue weighted by Gasteiger charge is 2.51. The summed E-state index contributed by atoms with van der Waals surface area (Å²) in [7, 11) is 0. The molecule has 1 heteroatoms. The van der Waals surface area contributed by atoms with Crippen molar-refractivity contribution in [3.05, 3.63) is 139 Å². The molecule has 5 aliphatic rings. The van der Waals surface area contributed by atoms with Crippen molar-refractivity contribution >= 4 is 17.1 Å². The van der Waals surface area contributed by atoms with Gasteiger partial charge in [0.2, 0.25) is 0 Å². The van der Waals surface area contributed by atoms with Crippen molar-refractivity contribution in [1.29, 1.82) is 0 Å². The van der Waals surface area contributed by atoms with Gasteiger partial charge in [0, 0.05) is 17.1 Å². The van der Waals surface area contributed by atoms with Gasteiger partial charge in [-0.05, 0) is 150 Å². The van der Waals surface area contributed by atoms with Gasteiger partial charge in [0.15, 0.2) is 0 Å². The monoisotopic (exact) mass is 613 g/mol. The third-order valence-electron chi connectivity index (χ3n) is 12.4. The quantitative estimate of drug-likeness (QED) is 0.176. The molecule has 5 fully saturated rings. The molecule has 0 aliphatic heterocycles. The van der Waals surface area contributed by atoms with Crippen molar-refractivity contribution in [2.45, 2.75) is 82.0 Å². The van der Waals surface area contributed by atoms with Gasteiger partial charge >= 0.3 is 0 Å². The van der Waals surface area contributed by atoms with Crippen molar-refractivity contribution in [3.8, 4) is 22.3 Å². The van der Waals surface area contributed by atoms with Crippen LogP contribution in [0.4, 0.5) is 17.1 Å². The van der Waals surface area contributed by atoms with E-state index in [1.165, 1.54) is 116 Å². The van der Waals surface area contributed by atoms with E-state index in [1.807, 2.05) is 0 Å². The van der Waals surface area contributed by atoms with E-state index in [0.717, 1.165) is 23.7 Å². The molecule has 0 radical (unpaired) electrons. The van der Waals surface area contributed by atoms with Gasteiger partial charge in [-0.3, -0.25) is 0 Å². The molecule has 5 saturated carbocycles. The van der Waals surface area contributed by atoms with Crippen LogP contribution < -0.4 is 4.90 Å². The largest absolute Gasteiger partial charge is 0.310 e. The summed E-state index contributed by atoms with van der Waals surface area (Å²) in [5.41, 5.74) is 12.3. The van der Waals surface area contributed by atoms with Crippen LogP contribution in [-0.2, 0) is 5.41 Å². The van der Waals surface area contributed by atoms with Crippen LogP contribution in [0.25, 0.3) is 22.3 Å². The Hall–Kier alpha value is -4.10. The fraction of sp³-hybridized carbons (Fsp3) is 0.348. The maximum atomic E-state index is 2.56. The second-order valence-electron chi connectivity index (χ2n) is 15.5. The van der Waals surface area contributed by atoms with Gasteiger partial charge in [-0.25, -0.2) is 0 Å². The van der Waals surface area contributed by atoms with Crippen molar-refractivity contribution < 1.29 is 0 Å². The minimum atomic E-state index is 0.376. The predicted octanol–water partition coefficient (Wildman–Crippen LogP) is 13.0. The maximum Gasteiger partial charge on any atom is 0.0464 e. The minimum Gasteiger partial charge on any atom is -0.310 e. The summed E-state index contributed by atoms with van der Waals surface area (Å²) in [5.74, 6) is 3.54. The number of hydrogen-bond acceptors (Lipinski definition) is 1. The average Bonchev–Trinajstić information content (AvgIpc) is 3.13. The molecule has 1 nitrogen and oxygen atoms in total. The zero-order chi connectivity index (χ0) is 31.2. The standard InChI is InChI=1S/C46H47N/c1-3-9-36(10-4-1)38-17-21-43(22-18-38)47(45-16-8-15-42(29-45)46-30-33-25-34(31-46)27-35(26-33)32-46)44-23-19-39(20-24-44)41-14-7-13-40(28-41)37-11-5-2-6-12-37/h1,3-4,7-10,13-24,28-29,33-35,37H,2,5-6,11-12,25-27,30-32H2. The van der Waals surface area contributed by atoms with Crippen LogP contribution in [-0.4, -0.2) is 0 Å². The summed E-state index contributed by atoms with van der Waals surface area (Å²) in [4.78, 5) is 2.49. The highest BCUT2D eigenvalue weighted by atomic mass is 15.1. The average molecular weight is 614 g/mol. The summed E-state index contributed by atoms with van der Waals surface area (Å²) < 4.78 is 0. The topological polar surface area (TPSA) is 3.24 Å². The Bertz CT molecular complexity index is 1790. The van der Waals surface area contributed by atoms with Gasteiger partial charge in [0.1, 0.15) is 0 Å². The van der Waals surface area contributed by atoms with E-state index in [9.17, 15) is 0 Å². The van der Waals surface area contributed by atoms with E-state index < -0.39 is 0 Å². The SMILES string of the molecule is c1ccc(-c2ccc(N(c3ccc(-c4cccc(C5CCCCC5)c4)cc3)c3cccc(C45CC6CC(CC(C6)C4)C5)c3)cc2)cc1. The van der Waals surface area contributed by atoms with Gasteiger partial charge in [0.25, 0.3) is 0 Å². The normalized spacial score (nSPS) is 25.1. The molecule has 0 amide bonds. The lowest BCUT2D eigenvalue weighted by molar-refractivity contribution is -0.00516. The van der Waals surface area contributed by atoms with Gasteiger partial charge < -0.3 is 4.90 Å². The summed E-state index contributed by atoms with van der Waals surface area (Å²) >= 11 is 0. The predicted molar refractivity (Wildman–Crippen MR) is 198 cm³/mol. The molecule has 236 valence electrons. The molecular formula is C46H47N. The van der Waals surface area contributed by atoms with Crippen molar-refractivity contribution in [2.75, 3.05) is 4.90 Å². The molecule has 0 unspecified atom stereocenters. The lowest BCUT2D eigenvalue weighted by Crippen LogP contribution is -2.48. The van der Waals surface area contributed by atoms with E-state index in [0.29, 0.717) is 5.41 Å². The Kier molecular flexibility index (Phi) is 7.53. The smallest absolute Gasteiger partial charge is 0.0464 e. The molecule has 47 heavy (non-hydrogen) atoms. The van der Waals surface area contributed by atoms with Crippen LogP contribution in [0.2, 0.25) is 0 Å². The van der Waals surface area contributed by atoms with Crippen LogP contribution in [0, 0.1) is 17.8 Å². The number of hydrogen-bond donors (Lipinski definition) is 0. The second kappa shape index (κ2) is 12.2. The Morgan fingerprint density at radius 2 is 1.00 bits per heavy atom. The molecule has 5 aromatic rings. The third-order valence-corrected chi connectivity index (χ3v) is 12.4. The Morgan fingerprint density at radius 3 is 1.64 bits per heavy atom. The Balaban J connectivity index is 1.08. The molecule has 0 spiro atoms. The Morgan fingerprint density at radius 1 is 0.447 bits per heavy atom. The molecule has 4 bridgehead atoms.